The van der Waals surface area contributed by atoms with Crippen LogP contribution in [0.15, 0.2) is 18.2 Å². The molecule has 4 N–H and O–H groups in total. The quantitative estimate of drug-likeness (QED) is 0.668. The van der Waals surface area contributed by atoms with E-state index >= 15 is 0 Å². The van der Waals surface area contributed by atoms with E-state index in [1.807, 2.05) is 13.8 Å². The van der Waals surface area contributed by atoms with Crippen molar-refractivity contribution in [1.29, 1.82) is 0 Å². The summed E-state index contributed by atoms with van der Waals surface area (Å²) in [7, 11) is 1.53. The molecular formula is C15H24ClN3O3. The number of carbonyl (C=O) groups excluding carboxylic acids is 2. The normalized spacial score (nSPS) is 9.82. The van der Waals surface area contributed by atoms with E-state index in [1.54, 1.807) is 18.2 Å². The number of methoxy groups -OCH3 is 1. The van der Waals surface area contributed by atoms with Gasteiger partial charge in [0.1, 0.15) is 5.75 Å². The lowest BCUT2D eigenvalue weighted by atomic mass is 10.1. The van der Waals surface area contributed by atoms with Gasteiger partial charge >= 0.3 is 0 Å². The minimum atomic E-state index is -0.176. The molecule has 22 heavy (non-hydrogen) atoms. The molecule has 1 aromatic carbocycles. The Bertz CT molecular complexity index is 507. The Morgan fingerprint density at radius 2 is 1.95 bits per heavy atom. The molecule has 0 saturated heterocycles. The van der Waals surface area contributed by atoms with Gasteiger partial charge in [0.2, 0.25) is 11.8 Å². The van der Waals surface area contributed by atoms with Gasteiger partial charge in [0, 0.05) is 25.1 Å². The van der Waals surface area contributed by atoms with Crippen LogP contribution in [0.2, 0.25) is 0 Å². The molecule has 7 heteroatoms. The van der Waals surface area contributed by atoms with Crippen molar-refractivity contribution in [3.8, 4) is 5.75 Å². The van der Waals surface area contributed by atoms with Gasteiger partial charge < -0.3 is 21.1 Å². The summed E-state index contributed by atoms with van der Waals surface area (Å²) in [5, 5.41) is 5.44. The molecule has 6 nitrogen and oxygen atoms in total. The number of rotatable bonds is 7. The third-order valence-corrected chi connectivity index (χ3v) is 2.78. The lowest BCUT2D eigenvalue weighted by molar-refractivity contribution is -0.121. The van der Waals surface area contributed by atoms with Gasteiger partial charge in [-0.2, -0.15) is 0 Å². The van der Waals surface area contributed by atoms with Gasteiger partial charge in [-0.05, 0) is 24.1 Å². The van der Waals surface area contributed by atoms with E-state index in [2.05, 4.69) is 10.6 Å². The molecule has 0 fully saturated rings. The maximum absolute atomic E-state index is 11.7. The fourth-order valence-corrected chi connectivity index (χ4v) is 1.79. The molecule has 1 rings (SSSR count). The fourth-order valence-electron chi connectivity index (χ4n) is 1.79. The van der Waals surface area contributed by atoms with Crippen LogP contribution < -0.4 is 21.1 Å². The van der Waals surface area contributed by atoms with Crippen LogP contribution in [0.1, 0.15) is 26.7 Å². The van der Waals surface area contributed by atoms with Gasteiger partial charge in [-0.15, -0.1) is 12.4 Å². The third kappa shape index (κ3) is 7.17. The second kappa shape index (κ2) is 9.89. The predicted molar refractivity (Wildman–Crippen MR) is 90.4 cm³/mol. The van der Waals surface area contributed by atoms with Gasteiger partial charge in [-0.3, -0.25) is 9.59 Å². The van der Waals surface area contributed by atoms with E-state index in [0.29, 0.717) is 36.0 Å². The SMILES string of the molecule is COc1ccc(NC(=O)CCNC(=O)CC(C)C)cc1N.Cl. The van der Waals surface area contributed by atoms with Crippen LogP contribution in [0, 0.1) is 5.92 Å². The first kappa shape index (κ1) is 20.1. The summed E-state index contributed by atoms with van der Waals surface area (Å²) in [5.41, 5.74) is 6.82. The van der Waals surface area contributed by atoms with Crippen LogP contribution in [0.3, 0.4) is 0 Å². The number of carbonyl (C=O) groups is 2. The Morgan fingerprint density at radius 3 is 2.50 bits per heavy atom. The average molecular weight is 330 g/mol. The predicted octanol–water partition coefficient (Wildman–Crippen LogP) is 2.19. The zero-order valence-corrected chi connectivity index (χ0v) is 14.0. The van der Waals surface area contributed by atoms with Crippen molar-refractivity contribution in [2.45, 2.75) is 26.7 Å². The zero-order chi connectivity index (χ0) is 15.8. The fraction of sp³-hybridized carbons (Fsp3) is 0.467. The van der Waals surface area contributed by atoms with Gasteiger partial charge in [-0.25, -0.2) is 0 Å². The summed E-state index contributed by atoms with van der Waals surface area (Å²) in [6.45, 7) is 4.27. The number of nitrogens with two attached hydrogens (primary N) is 1. The van der Waals surface area contributed by atoms with E-state index in [0.717, 1.165) is 0 Å². The topological polar surface area (TPSA) is 93.5 Å². The Labute approximate surface area is 137 Å². The van der Waals surface area contributed by atoms with E-state index in [1.165, 1.54) is 7.11 Å². The Morgan fingerprint density at radius 1 is 1.27 bits per heavy atom. The first-order chi connectivity index (χ1) is 9.92. The Kier molecular flexibility index (Phi) is 9.01. The Balaban J connectivity index is 0.00000441. The highest BCUT2D eigenvalue weighted by Crippen LogP contribution is 2.24. The van der Waals surface area contributed by atoms with Gasteiger partial charge in [-0.1, -0.05) is 13.8 Å². The summed E-state index contributed by atoms with van der Waals surface area (Å²) in [6.07, 6.45) is 0.687. The second-order valence-corrected chi connectivity index (χ2v) is 5.20. The molecule has 124 valence electrons. The van der Waals surface area contributed by atoms with Gasteiger partial charge in [0.15, 0.2) is 0 Å². The van der Waals surface area contributed by atoms with Crippen molar-refractivity contribution in [1.82, 2.24) is 5.32 Å². The van der Waals surface area contributed by atoms with Crippen LogP contribution >= 0.6 is 12.4 Å². The molecular weight excluding hydrogens is 306 g/mol. The standard InChI is InChI=1S/C15H23N3O3.ClH/c1-10(2)8-15(20)17-7-6-14(19)18-11-4-5-13(21-3)12(16)9-11;/h4-5,9-10H,6-8,16H2,1-3H3,(H,17,20)(H,18,19);1H. The summed E-state index contributed by atoms with van der Waals surface area (Å²) < 4.78 is 5.04. The number of hydrogen-bond donors (Lipinski definition) is 3. The van der Waals surface area contributed by atoms with Gasteiger partial charge in [0.25, 0.3) is 0 Å². The Hall–Kier alpha value is -1.95. The molecule has 0 aliphatic rings. The number of benzene rings is 1. The summed E-state index contributed by atoms with van der Waals surface area (Å²) >= 11 is 0. The lowest BCUT2D eigenvalue weighted by Gasteiger charge is -2.09. The maximum Gasteiger partial charge on any atom is 0.226 e. The van der Waals surface area contributed by atoms with Crippen molar-refractivity contribution >= 4 is 35.6 Å². The summed E-state index contributed by atoms with van der Waals surface area (Å²) in [5.74, 6) is 0.658. The van der Waals surface area contributed by atoms with Gasteiger partial charge in [0.05, 0.1) is 12.8 Å². The number of nitrogen functional groups attached to an aromatic ring is 1. The number of amides is 2. The second-order valence-electron chi connectivity index (χ2n) is 5.20. The van der Waals surface area contributed by atoms with Crippen LogP contribution in [-0.4, -0.2) is 25.5 Å². The van der Waals surface area contributed by atoms with Crippen molar-refractivity contribution in [2.75, 3.05) is 24.7 Å². The summed E-state index contributed by atoms with van der Waals surface area (Å²) in [6, 6.07) is 5.04. The molecule has 0 saturated carbocycles. The molecule has 0 unspecified atom stereocenters. The van der Waals surface area contributed by atoms with Crippen molar-refractivity contribution < 1.29 is 14.3 Å². The number of hydrogen-bond acceptors (Lipinski definition) is 4. The van der Waals surface area contributed by atoms with E-state index in [9.17, 15) is 9.59 Å². The van der Waals surface area contributed by atoms with E-state index in [-0.39, 0.29) is 30.6 Å². The monoisotopic (exact) mass is 329 g/mol. The lowest BCUT2D eigenvalue weighted by Crippen LogP contribution is -2.28. The minimum Gasteiger partial charge on any atom is -0.495 e. The number of anilines is 2. The average Bonchev–Trinajstić information content (AvgIpc) is 2.38. The molecule has 2 amide bonds. The molecule has 0 spiro atoms. The molecule has 0 aliphatic heterocycles. The molecule has 0 heterocycles. The van der Waals surface area contributed by atoms with Crippen LogP contribution in [-0.2, 0) is 9.59 Å². The molecule has 0 aliphatic carbocycles. The molecule has 0 bridgehead atoms. The van der Waals surface area contributed by atoms with Crippen molar-refractivity contribution in [3.63, 3.8) is 0 Å². The number of nitrogens with one attached hydrogen (secondary N) is 2. The largest absolute Gasteiger partial charge is 0.495 e. The van der Waals surface area contributed by atoms with Crippen LogP contribution in [0.4, 0.5) is 11.4 Å². The van der Waals surface area contributed by atoms with Crippen LogP contribution in [0.25, 0.3) is 0 Å². The number of ether oxygens (including phenoxy) is 1. The highest BCUT2D eigenvalue weighted by Gasteiger charge is 2.07. The smallest absolute Gasteiger partial charge is 0.226 e. The first-order valence-electron chi connectivity index (χ1n) is 6.92. The maximum atomic E-state index is 11.7. The van der Waals surface area contributed by atoms with Crippen molar-refractivity contribution in [3.05, 3.63) is 18.2 Å². The summed E-state index contributed by atoms with van der Waals surface area (Å²) in [4.78, 5) is 23.2. The number of halogens is 1. The molecule has 0 radical (unpaired) electrons. The molecule has 0 aromatic heterocycles. The van der Waals surface area contributed by atoms with Crippen LogP contribution in [0.5, 0.6) is 5.75 Å². The van der Waals surface area contributed by atoms with E-state index < -0.39 is 0 Å². The van der Waals surface area contributed by atoms with E-state index in [4.69, 9.17) is 10.5 Å². The molecule has 0 atom stereocenters. The van der Waals surface area contributed by atoms with Crippen molar-refractivity contribution in [2.24, 2.45) is 5.92 Å². The minimum absolute atomic E-state index is 0. The highest BCUT2D eigenvalue weighted by atomic mass is 35.5. The third-order valence-electron chi connectivity index (χ3n) is 2.78. The first-order valence-corrected chi connectivity index (χ1v) is 6.92. The zero-order valence-electron chi connectivity index (χ0n) is 13.1. The highest BCUT2D eigenvalue weighted by molar-refractivity contribution is 5.91. The molecule has 1 aromatic rings.